The summed E-state index contributed by atoms with van der Waals surface area (Å²) in [6, 6.07) is 4.18. The van der Waals surface area contributed by atoms with Gasteiger partial charge in [0.25, 0.3) is 0 Å². The lowest BCUT2D eigenvalue weighted by molar-refractivity contribution is -0.150. The minimum Gasteiger partial charge on any atom is -0.465 e. The van der Waals surface area contributed by atoms with Crippen LogP contribution in [0.3, 0.4) is 0 Å². The Morgan fingerprint density at radius 3 is 2.65 bits per heavy atom. The molecule has 1 unspecified atom stereocenters. The van der Waals surface area contributed by atoms with Crippen LogP contribution >= 0.6 is 11.8 Å². The maximum atomic E-state index is 12.1. The van der Waals surface area contributed by atoms with E-state index in [0.29, 0.717) is 6.61 Å². The van der Waals surface area contributed by atoms with Gasteiger partial charge in [0.15, 0.2) is 0 Å². The number of nitrogens with zero attached hydrogens (tertiary/aromatic N) is 1. The zero-order valence-electron chi connectivity index (χ0n) is 12.7. The van der Waals surface area contributed by atoms with Crippen LogP contribution in [0.4, 0.5) is 0 Å². The third-order valence-corrected chi connectivity index (χ3v) is 3.87. The molecule has 0 radical (unpaired) electrons. The molecule has 5 heteroatoms. The number of hydrogen-bond acceptors (Lipinski definition) is 5. The average molecular weight is 296 g/mol. The molecule has 0 aliphatic rings. The minimum atomic E-state index is -0.635. The number of thioether (sulfide) groups is 1. The maximum absolute atomic E-state index is 12.1. The number of pyridine rings is 1. The van der Waals surface area contributed by atoms with Gasteiger partial charge in [-0.05, 0) is 46.2 Å². The van der Waals surface area contributed by atoms with E-state index in [-0.39, 0.29) is 12.0 Å². The first-order valence-corrected chi connectivity index (χ1v) is 7.94. The van der Waals surface area contributed by atoms with Crippen molar-refractivity contribution in [2.75, 3.05) is 12.4 Å². The molecule has 1 heterocycles. The molecule has 0 amide bonds. The van der Waals surface area contributed by atoms with Crippen LogP contribution in [0.1, 0.15) is 34.1 Å². The number of carbonyl (C=O) groups is 1. The van der Waals surface area contributed by atoms with Gasteiger partial charge >= 0.3 is 5.97 Å². The zero-order chi connectivity index (χ0) is 15.0. The van der Waals surface area contributed by atoms with Gasteiger partial charge in [-0.3, -0.25) is 15.1 Å². The summed E-state index contributed by atoms with van der Waals surface area (Å²) in [5.41, 5.74) is -0.635. The number of esters is 1. The van der Waals surface area contributed by atoms with E-state index in [1.807, 2.05) is 39.8 Å². The highest BCUT2D eigenvalue weighted by Gasteiger charge is 2.34. The summed E-state index contributed by atoms with van der Waals surface area (Å²) >= 11 is 1.72. The predicted molar refractivity (Wildman–Crippen MR) is 82.9 cm³/mol. The molecule has 112 valence electrons. The fourth-order valence-corrected chi connectivity index (χ4v) is 3.03. The lowest BCUT2D eigenvalue weighted by Gasteiger charge is -2.30. The maximum Gasteiger partial charge on any atom is 0.326 e. The normalized spacial score (nSPS) is 14.1. The summed E-state index contributed by atoms with van der Waals surface area (Å²) in [7, 11) is 0. The Balaban J connectivity index is 2.58. The fraction of sp³-hybridized carbons (Fsp3) is 0.600. The van der Waals surface area contributed by atoms with E-state index in [4.69, 9.17) is 4.74 Å². The molecule has 0 saturated heterocycles. The van der Waals surface area contributed by atoms with Gasteiger partial charge in [-0.1, -0.05) is 0 Å². The van der Waals surface area contributed by atoms with Crippen molar-refractivity contribution in [3.63, 3.8) is 0 Å². The standard InChI is InChI=1S/C15H24N2O2S/c1-5-19-14(18)15(4,17-12(2)3)8-11-20-13-6-9-16-10-7-13/h6-7,9-10,12,17H,5,8,11H2,1-4H3. The number of nitrogens with one attached hydrogen (secondary N) is 1. The second-order valence-corrected chi connectivity index (χ2v) is 6.30. The van der Waals surface area contributed by atoms with Gasteiger partial charge < -0.3 is 4.74 Å². The molecule has 0 aromatic carbocycles. The molecule has 1 aromatic rings. The third kappa shape index (κ3) is 5.51. The monoisotopic (exact) mass is 296 g/mol. The van der Waals surface area contributed by atoms with Crippen LogP contribution in [-0.4, -0.2) is 34.9 Å². The number of rotatable bonds is 8. The van der Waals surface area contributed by atoms with E-state index in [1.54, 1.807) is 24.2 Å². The van der Waals surface area contributed by atoms with E-state index in [9.17, 15) is 4.79 Å². The molecule has 1 atom stereocenters. The molecule has 20 heavy (non-hydrogen) atoms. The van der Waals surface area contributed by atoms with Crippen molar-refractivity contribution < 1.29 is 9.53 Å². The van der Waals surface area contributed by atoms with Crippen LogP contribution in [0.25, 0.3) is 0 Å². The van der Waals surface area contributed by atoms with Gasteiger partial charge in [0.2, 0.25) is 0 Å². The Hall–Kier alpha value is -1.07. The van der Waals surface area contributed by atoms with Crippen LogP contribution in [0.2, 0.25) is 0 Å². The quantitative estimate of drug-likeness (QED) is 0.590. The Morgan fingerprint density at radius 1 is 1.45 bits per heavy atom. The topological polar surface area (TPSA) is 51.2 Å². The summed E-state index contributed by atoms with van der Waals surface area (Å²) in [5, 5.41) is 3.33. The fourth-order valence-electron chi connectivity index (χ4n) is 1.97. The van der Waals surface area contributed by atoms with Crippen molar-refractivity contribution in [2.24, 2.45) is 0 Å². The van der Waals surface area contributed by atoms with Gasteiger partial charge in [-0.2, -0.15) is 0 Å². The van der Waals surface area contributed by atoms with Gasteiger partial charge in [0.05, 0.1) is 6.61 Å². The molecule has 4 nitrogen and oxygen atoms in total. The first-order valence-electron chi connectivity index (χ1n) is 6.95. The summed E-state index contributed by atoms with van der Waals surface area (Å²) in [5.74, 6) is 0.669. The summed E-state index contributed by atoms with van der Waals surface area (Å²) in [4.78, 5) is 17.3. The highest BCUT2D eigenvalue weighted by molar-refractivity contribution is 7.99. The zero-order valence-corrected chi connectivity index (χ0v) is 13.5. The Bertz CT molecular complexity index is 412. The molecule has 0 bridgehead atoms. The molecular weight excluding hydrogens is 272 g/mol. The van der Waals surface area contributed by atoms with Crippen molar-refractivity contribution in [1.82, 2.24) is 10.3 Å². The van der Waals surface area contributed by atoms with E-state index < -0.39 is 5.54 Å². The van der Waals surface area contributed by atoms with Gasteiger partial charge in [-0.15, -0.1) is 11.8 Å². The number of hydrogen-bond donors (Lipinski definition) is 1. The van der Waals surface area contributed by atoms with E-state index in [1.165, 1.54) is 0 Å². The number of carbonyl (C=O) groups excluding carboxylic acids is 1. The predicted octanol–water partition coefficient (Wildman–Crippen LogP) is 2.88. The molecule has 0 aliphatic carbocycles. The van der Waals surface area contributed by atoms with Crippen LogP contribution < -0.4 is 5.32 Å². The first-order chi connectivity index (χ1) is 9.48. The summed E-state index contributed by atoms with van der Waals surface area (Å²) < 4.78 is 5.19. The van der Waals surface area contributed by atoms with Crippen molar-refractivity contribution >= 4 is 17.7 Å². The molecule has 1 N–H and O–H groups in total. The average Bonchev–Trinajstić information content (AvgIpc) is 2.39. The van der Waals surface area contributed by atoms with Gasteiger partial charge in [0, 0.05) is 29.1 Å². The lowest BCUT2D eigenvalue weighted by atomic mass is 9.98. The Labute approximate surface area is 125 Å². The highest BCUT2D eigenvalue weighted by Crippen LogP contribution is 2.22. The van der Waals surface area contributed by atoms with Crippen molar-refractivity contribution in [3.05, 3.63) is 24.5 Å². The Kier molecular flexibility index (Phi) is 7.02. The lowest BCUT2D eigenvalue weighted by Crippen LogP contribution is -2.53. The van der Waals surface area contributed by atoms with Crippen molar-refractivity contribution in [2.45, 2.75) is 50.6 Å². The van der Waals surface area contributed by atoms with Crippen LogP contribution in [0, 0.1) is 0 Å². The second-order valence-electron chi connectivity index (χ2n) is 5.13. The molecule has 0 fully saturated rings. The minimum absolute atomic E-state index is 0.177. The van der Waals surface area contributed by atoms with E-state index in [2.05, 4.69) is 10.3 Å². The van der Waals surface area contributed by atoms with Crippen LogP contribution in [-0.2, 0) is 9.53 Å². The van der Waals surface area contributed by atoms with Gasteiger partial charge in [0.1, 0.15) is 5.54 Å². The molecular formula is C15H24N2O2S. The van der Waals surface area contributed by atoms with Crippen molar-refractivity contribution in [1.29, 1.82) is 0 Å². The highest BCUT2D eigenvalue weighted by atomic mass is 32.2. The molecule has 1 aromatic heterocycles. The molecule has 0 spiro atoms. The van der Waals surface area contributed by atoms with Crippen molar-refractivity contribution in [3.8, 4) is 0 Å². The van der Waals surface area contributed by atoms with E-state index >= 15 is 0 Å². The van der Waals surface area contributed by atoms with E-state index in [0.717, 1.165) is 17.1 Å². The first kappa shape index (κ1) is 17.0. The Morgan fingerprint density at radius 2 is 2.10 bits per heavy atom. The summed E-state index contributed by atoms with van der Waals surface area (Å²) in [6.45, 7) is 8.23. The van der Waals surface area contributed by atoms with Gasteiger partial charge in [-0.25, -0.2) is 0 Å². The van der Waals surface area contributed by atoms with Crippen LogP contribution in [0.15, 0.2) is 29.4 Å². The smallest absolute Gasteiger partial charge is 0.326 e. The molecule has 0 saturated carbocycles. The molecule has 1 rings (SSSR count). The molecule has 0 aliphatic heterocycles. The largest absolute Gasteiger partial charge is 0.465 e. The number of ether oxygens (including phenoxy) is 1. The second kappa shape index (κ2) is 8.27. The van der Waals surface area contributed by atoms with Crippen LogP contribution in [0.5, 0.6) is 0 Å². The summed E-state index contributed by atoms with van der Waals surface area (Å²) in [6.07, 6.45) is 4.27. The third-order valence-electron chi connectivity index (χ3n) is 2.85. The SMILES string of the molecule is CCOC(=O)C(C)(CCSc1ccncc1)NC(C)C. The number of aromatic nitrogens is 1.